The Morgan fingerprint density at radius 3 is 2.10 bits per heavy atom. The summed E-state index contributed by atoms with van der Waals surface area (Å²) < 4.78 is 12.7. The summed E-state index contributed by atoms with van der Waals surface area (Å²) in [5, 5.41) is 0. The van der Waals surface area contributed by atoms with Crippen LogP contribution in [0.5, 0.6) is 0 Å². The molecule has 0 bridgehead atoms. The molecule has 1 aromatic carbocycles. The fourth-order valence-corrected chi connectivity index (χ4v) is 4.99. The maximum absolute atomic E-state index is 12.7. The Morgan fingerprint density at radius 1 is 0.900 bits per heavy atom. The SMILES string of the molecule is CC.CC(CF)CCC(C)c1ccc(C2=CC=C(C3CCC(C)CC3)CC2C)cc1. The summed E-state index contributed by atoms with van der Waals surface area (Å²) >= 11 is 0. The first-order valence-electron chi connectivity index (χ1n) is 12.5. The lowest BCUT2D eigenvalue weighted by molar-refractivity contribution is 0.313. The third-order valence-corrected chi connectivity index (χ3v) is 7.26. The van der Waals surface area contributed by atoms with Gasteiger partial charge in [-0.2, -0.15) is 0 Å². The fraction of sp³-hybridized carbons (Fsp3) is 0.655. The van der Waals surface area contributed by atoms with Crippen molar-refractivity contribution in [3.8, 4) is 0 Å². The second kappa shape index (κ2) is 12.5. The molecule has 30 heavy (non-hydrogen) atoms. The molecule has 0 aliphatic heterocycles. The first-order chi connectivity index (χ1) is 14.5. The van der Waals surface area contributed by atoms with E-state index in [-0.39, 0.29) is 12.6 Å². The van der Waals surface area contributed by atoms with Crippen LogP contribution in [-0.4, -0.2) is 6.67 Å². The normalized spacial score (nSPS) is 26.0. The van der Waals surface area contributed by atoms with E-state index in [0.29, 0.717) is 11.8 Å². The van der Waals surface area contributed by atoms with Crippen molar-refractivity contribution in [2.45, 2.75) is 92.4 Å². The van der Waals surface area contributed by atoms with Crippen LogP contribution in [0.2, 0.25) is 0 Å². The second-order valence-corrected chi connectivity index (χ2v) is 9.79. The molecule has 2 aliphatic carbocycles. The Morgan fingerprint density at radius 2 is 1.53 bits per heavy atom. The highest BCUT2D eigenvalue weighted by atomic mass is 19.1. The zero-order valence-corrected chi connectivity index (χ0v) is 20.4. The minimum atomic E-state index is -0.201. The van der Waals surface area contributed by atoms with E-state index in [1.54, 1.807) is 5.57 Å². The van der Waals surface area contributed by atoms with Crippen LogP contribution in [0.4, 0.5) is 4.39 Å². The predicted octanol–water partition coefficient (Wildman–Crippen LogP) is 9.38. The lowest BCUT2D eigenvalue weighted by Gasteiger charge is -2.32. The highest BCUT2D eigenvalue weighted by Crippen LogP contribution is 2.40. The molecule has 3 atom stereocenters. The second-order valence-electron chi connectivity index (χ2n) is 9.79. The van der Waals surface area contributed by atoms with Crippen LogP contribution >= 0.6 is 0 Å². The average molecular weight is 413 g/mol. The molecule has 168 valence electrons. The lowest BCUT2D eigenvalue weighted by atomic mass is 9.74. The van der Waals surface area contributed by atoms with E-state index in [9.17, 15) is 4.39 Å². The molecule has 0 radical (unpaired) electrons. The highest BCUT2D eigenvalue weighted by Gasteiger charge is 2.25. The molecule has 0 saturated heterocycles. The molecule has 1 heteroatoms. The monoisotopic (exact) mass is 412 g/mol. The van der Waals surface area contributed by atoms with E-state index in [1.807, 2.05) is 20.8 Å². The van der Waals surface area contributed by atoms with Crippen LogP contribution in [0.15, 0.2) is 42.0 Å². The van der Waals surface area contributed by atoms with Crippen molar-refractivity contribution in [3.05, 3.63) is 53.1 Å². The van der Waals surface area contributed by atoms with E-state index in [0.717, 1.165) is 24.7 Å². The third kappa shape index (κ3) is 6.82. The van der Waals surface area contributed by atoms with Crippen LogP contribution in [0.1, 0.15) is 104 Å². The maximum Gasteiger partial charge on any atom is 0.0919 e. The van der Waals surface area contributed by atoms with Gasteiger partial charge in [0.15, 0.2) is 0 Å². The standard InChI is InChI=1S/C27H39F.C2H6/c1-19-6-9-24(10-7-19)26-15-16-27(22(4)17-26)25-13-11-23(12-14-25)21(3)8-5-20(2)18-28;1-2/h11-16,19-22,24H,5-10,17-18H2,1-4H3;1-2H3. The van der Waals surface area contributed by atoms with Gasteiger partial charge in [-0.15, -0.1) is 0 Å². The molecule has 1 fully saturated rings. The number of allylic oxidation sites excluding steroid dienone is 4. The van der Waals surface area contributed by atoms with Crippen LogP contribution < -0.4 is 0 Å². The minimum Gasteiger partial charge on any atom is -0.251 e. The van der Waals surface area contributed by atoms with Crippen molar-refractivity contribution in [1.82, 2.24) is 0 Å². The van der Waals surface area contributed by atoms with Gasteiger partial charge in [0.1, 0.15) is 0 Å². The molecule has 0 amide bonds. The largest absolute Gasteiger partial charge is 0.251 e. The first-order valence-corrected chi connectivity index (χ1v) is 12.5. The fourth-order valence-electron chi connectivity index (χ4n) is 4.99. The molecule has 1 saturated carbocycles. The Kier molecular flexibility index (Phi) is 10.4. The summed E-state index contributed by atoms with van der Waals surface area (Å²) in [7, 11) is 0. The molecule has 3 unspecified atom stereocenters. The summed E-state index contributed by atoms with van der Waals surface area (Å²) in [5.74, 6) is 3.04. The molecular weight excluding hydrogens is 367 g/mol. The number of alkyl halides is 1. The van der Waals surface area contributed by atoms with Gasteiger partial charge >= 0.3 is 0 Å². The van der Waals surface area contributed by atoms with Crippen molar-refractivity contribution in [2.24, 2.45) is 23.7 Å². The van der Waals surface area contributed by atoms with Gasteiger partial charge in [-0.05, 0) is 78.4 Å². The van der Waals surface area contributed by atoms with Gasteiger partial charge in [0, 0.05) is 0 Å². The van der Waals surface area contributed by atoms with Crippen LogP contribution in [0.25, 0.3) is 5.57 Å². The quantitative estimate of drug-likeness (QED) is 0.418. The van der Waals surface area contributed by atoms with Crippen LogP contribution in [0.3, 0.4) is 0 Å². The molecule has 0 N–H and O–H groups in total. The first kappa shape index (κ1) is 24.9. The summed E-state index contributed by atoms with van der Waals surface area (Å²) in [6.45, 7) is 12.9. The topological polar surface area (TPSA) is 0 Å². The summed E-state index contributed by atoms with van der Waals surface area (Å²) in [4.78, 5) is 0. The molecule has 3 rings (SSSR count). The van der Waals surface area contributed by atoms with Gasteiger partial charge in [-0.1, -0.05) is 96.4 Å². The molecule has 0 heterocycles. The molecule has 2 aliphatic rings. The third-order valence-electron chi connectivity index (χ3n) is 7.26. The van der Waals surface area contributed by atoms with Crippen LogP contribution in [-0.2, 0) is 0 Å². The maximum atomic E-state index is 12.7. The Balaban J connectivity index is 0.00000155. The van der Waals surface area contributed by atoms with Gasteiger partial charge in [0.05, 0.1) is 6.67 Å². The van der Waals surface area contributed by atoms with E-state index in [4.69, 9.17) is 0 Å². The smallest absolute Gasteiger partial charge is 0.0919 e. The average Bonchev–Trinajstić information content (AvgIpc) is 2.79. The number of hydrogen-bond donors (Lipinski definition) is 0. The number of hydrogen-bond acceptors (Lipinski definition) is 0. The number of halogens is 1. The van der Waals surface area contributed by atoms with Crippen molar-refractivity contribution in [3.63, 3.8) is 0 Å². The molecule has 0 aromatic heterocycles. The summed E-state index contributed by atoms with van der Waals surface area (Å²) in [6, 6.07) is 9.17. The summed E-state index contributed by atoms with van der Waals surface area (Å²) in [6.07, 6.45) is 13.7. The van der Waals surface area contributed by atoms with Gasteiger partial charge in [0.25, 0.3) is 0 Å². The van der Waals surface area contributed by atoms with E-state index >= 15 is 0 Å². The Hall–Kier alpha value is -1.37. The van der Waals surface area contributed by atoms with Gasteiger partial charge < -0.3 is 0 Å². The minimum absolute atomic E-state index is 0.184. The van der Waals surface area contributed by atoms with E-state index in [2.05, 4.69) is 57.2 Å². The van der Waals surface area contributed by atoms with E-state index in [1.165, 1.54) is 48.8 Å². The van der Waals surface area contributed by atoms with Crippen molar-refractivity contribution in [1.29, 1.82) is 0 Å². The molecular formula is C29H45F. The summed E-state index contributed by atoms with van der Waals surface area (Å²) in [5.41, 5.74) is 5.92. The van der Waals surface area contributed by atoms with Crippen molar-refractivity contribution in [2.75, 3.05) is 6.67 Å². The van der Waals surface area contributed by atoms with Crippen molar-refractivity contribution >= 4 is 5.57 Å². The molecule has 0 spiro atoms. The lowest BCUT2D eigenvalue weighted by Crippen LogP contribution is -2.17. The van der Waals surface area contributed by atoms with Gasteiger partial charge in [-0.25, -0.2) is 0 Å². The molecule has 0 nitrogen and oxygen atoms in total. The van der Waals surface area contributed by atoms with Gasteiger partial charge in [-0.3, -0.25) is 4.39 Å². The Bertz CT molecular complexity index is 673. The van der Waals surface area contributed by atoms with E-state index < -0.39 is 0 Å². The number of benzene rings is 1. The van der Waals surface area contributed by atoms with Crippen molar-refractivity contribution < 1.29 is 4.39 Å². The zero-order valence-electron chi connectivity index (χ0n) is 20.4. The zero-order chi connectivity index (χ0) is 22.1. The number of rotatable bonds is 7. The predicted molar refractivity (Wildman–Crippen MR) is 132 cm³/mol. The van der Waals surface area contributed by atoms with Crippen LogP contribution in [0, 0.1) is 23.7 Å². The Labute approximate surface area is 186 Å². The van der Waals surface area contributed by atoms with Gasteiger partial charge in [0.2, 0.25) is 0 Å². The highest BCUT2D eigenvalue weighted by molar-refractivity contribution is 5.70. The molecule has 1 aromatic rings.